The van der Waals surface area contributed by atoms with Crippen LogP contribution in [0.25, 0.3) is 11.3 Å². The van der Waals surface area contributed by atoms with Gasteiger partial charge in [0.15, 0.2) is 12.2 Å². The minimum atomic E-state index is -0.202. The van der Waals surface area contributed by atoms with Crippen LogP contribution in [0.3, 0.4) is 0 Å². The maximum Gasteiger partial charge on any atom is 0.321 e. The Kier molecular flexibility index (Phi) is 5.21. The van der Waals surface area contributed by atoms with Crippen LogP contribution in [0.2, 0.25) is 0 Å². The van der Waals surface area contributed by atoms with Crippen LogP contribution in [0.15, 0.2) is 41.3 Å². The summed E-state index contributed by atoms with van der Waals surface area (Å²) in [4.78, 5) is 32.2. The summed E-state index contributed by atoms with van der Waals surface area (Å²) in [5.74, 6) is 0.945. The molecule has 7 heteroatoms. The average Bonchev–Trinajstić information content (AvgIpc) is 3.24. The third kappa shape index (κ3) is 4.48. The van der Waals surface area contributed by atoms with Gasteiger partial charge >= 0.3 is 6.03 Å². The molecule has 2 heterocycles. The van der Waals surface area contributed by atoms with Gasteiger partial charge in [-0.2, -0.15) is 0 Å². The molecule has 3 amide bonds. The fourth-order valence-corrected chi connectivity index (χ4v) is 3.35. The SMILES string of the molecule is CN(C[C@@H]1CC(=O)N(C(C)(C)C)C1)C(=O)Nc1cccc(-c2cnco2)c1. The lowest BCUT2D eigenvalue weighted by Crippen LogP contribution is -2.43. The van der Waals surface area contributed by atoms with Gasteiger partial charge < -0.3 is 19.5 Å². The van der Waals surface area contributed by atoms with Crippen LogP contribution >= 0.6 is 0 Å². The first-order chi connectivity index (χ1) is 12.7. The summed E-state index contributed by atoms with van der Waals surface area (Å²) in [5, 5.41) is 2.90. The van der Waals surface area contributed by atoms with Crippen molar-refractivity contribution in [1.82, 2.24) is 14.8 Å². The fourth-order valence-electron chi connectivity index (χ4n) is 3.35. The average molecular weight is 370 g/mol. The Morgan fingerprint density at radius 1 is 1.41 bits per heavy atom. The summed E-state index contributed by atoms with van der Waals surface area (Å²) in [6.45, 7) is 7.31. The zero-order chi connectivity index (χ0) is 19.6. The summed E-state index contributed by atoms with van der Waals surface area (Å²) < 4.78 is 5.29. The van der Waals surface area contributed by atoms with Gasteiger partial charge in [0.1, 0.15) is 0 Å². The largest absolute Gasteiger partial charge is 0.444 e. The first kappa shape index (κ1) is 18.9. The van der Waals surface area contributed by atoms with Gasteiger partial charge in [0.05, 0.1) is 6.20 Å². The Bertz CT molecular complexity index is 811. The normalized spacial score (nSPS) is 17.3. The lowest BCUT2D eigenvalue weighted by molar-refractivity contribution is -0.131. The van der Waals surface area contributed by atoms with Crippen LogP contribution in [0, 0.1) is 5.92 Å². The third-order valence-electron chi connectivity index (χ3n) is 4.72. The highest BCUT2D eigenvalue weighted by atomic mass is 16.3. The van der Waals surface area contributed by atoms with Gasteiger partial charge in [0, 0.05) is 49.3 Å². The van der Waals surface area contributed by atoms with Crippen molar-refractivity contribution < 1.29 is 14.0 Å². The number of benzene rings is 1. The van der Waals surface area contributed by atoms with Crippen molar-refractivity contribution >= 4 is 17.6 Å². The predicted molar refractivity (Wildman–Crippen MR) is 103 cm³/mol. The molecule has 0 saturated carbocycles. The van der Waals surface area contributed by atoms with Gasteiger partial charge in [-0.15, -0.1) is 0 Å². The van der Waals surface area contributed by atoms with Crippen molar-refractivity contribution in [2.24, 2.45) is 5.92 Å². The van der Waals surface area contributed by atoms with E-state index in [1.807, 2.05) is 49.9 Å². The van der Waals surface area contributed by atoms with Gasteiger partial charge in [-0.25, -0.2) is 9.78 Å². The first-order valence-corrected chi connectivity index (χ1v) is 9.05. The van der Waals surface area contributed by atoms with Crippen molar-refractivity contribution in [3.05, 3.63) is 36.9 Å². The van der Waals surface area contributed by atoms with Gasteiger partial charge in [0.2, 0.25) is 5.91 Å². The number of aromatic nitrogens is 1. The molecule has 0 spiro atoms. The molecule has 2 aromatic rings. The van der Waals surface area contributed by atoms with Crippen LogP contribution in [-0.4, -0.2) is 52.4 Å². The number of carbonyl (C=O) groups excluding carboxylic acids is 2. The number of likely N-dealkylation sites (tertiary alicyclic amines) is 1. The van der Waals surface area contributed by atoms with Crippen molar-refractivity contribution in [3.8, 4) is 11.3 Å². The van der Waals surface area contributed by atoms with E-state index in [0.717, 1.165) is 5.56 Å². The summed E-state index contributed by atoms with van der Waals surface area (Å²) in [6.07, 6.45) is 3.49. The van der Waals surface area contributed by atoms with Gasteiger partial charge in [-0.1, -0.05) is 12.1 Å². The molecule has 0 radical (unpaired) electrons. The summed E-state index contributed by atoms with van der Waals surface area (Å²) in [7, 11) is 1.75. The van der Waals surface area contributed by atoms with Crippen LogP contribution in [-0.2, 0) is 4.79 Å². The number of rotatable bonds is 4. The molecular weight excluding hydrogens is 344 g/mol. The number of nitrogens with one attached hydrogen (secondary N) is 1. The zero-order valence-electron chi connectivity index (χ0n) is 16.2. The monoisotopic (exact) mass is 370 g/mol. The molecule has 0 bridgehead atoms. The predicted octanol–water partition coefficient (Wildman–Crippen LogP) is 3.45. The highest BCUT2D eigenvalue weighted by molar-refractivity contribution is 5.90. The van der Waals surface area contributed by atoms with E-state index in [0.29, 0.717) is 31.0 Å². The molecule has 1 aliphatic heterocycles. The molecule has 1 aromatic heterocycles. The molecule has 1 aromatic carbocycles. The standard InChI is InChI=1S/C20H26N4O3/c1-20(2,3)24-12-14(8-18(24)25)11-23(4)19(26)22-16-7-5-6-15(9-16)17-10-21-13-27-17/h5-7,9-10,13-14H,8,11-12H2,1-4H3,(H,22,26)/t14-/m0/s1. The molecule has 7 nitrogen and oxygen atoms in total. The van der Waals surface area contributed by atoms with Crippen molar-refractivity contribution in [2.75, 3.05) is 25.5 Å². The number of hydrogen-bond acceptors (Lipinski definition) is 4. The number of oxazole rings is 1. The van der Waals surface area contributed by atoms with E-state index in [1.54, 1.807) is 18.1 Å². The minimum absolute atomic E-state index is 0.146. The molecule has 27 heavy (non-hydrogen) atoms. The second-order valence-electron chi connectivity index (χ2n) is 8.00. The molecule has 1 atom stereocenters. The highest BCUT2D eigenvalue weighted by Crippen LogP contribution is 2.26. The van der Waals surface area contributed by atoms with E-state index in [4.69, 9.17) is 4.42 Å². The zero-order valence-corrected chi connectivity index (χ0v) is 16.2. The Morgan fingerprint density at radius 3 is 2.81 bits per heavy atom. The van der Waals surface area contributed by atoms with E-state index in [-0.39, 0.29) is 23.4 Å². The molecule has 1 saturated heterocycles. The summed E-state index contributed by atoms with van der Waals surface area (Å²) >= 11 is 0. The quantitative estimate of drug-likeness (QED) is 0.894. The Balaban J connectivity index is 1.59. The Morgan fingerprint density at radius 2 is 2.19 bits per heavy atom. The lowest BCUT2D eigenvalue weighted by atomic mass is 10.1. The van der Waals surface area contributed by atoms with E-state index in [2.05, 4.69) is 10.3 Å². The lowest BCUT2D eigenvalue weighted by Gasteiger charge is -2.32. The number of nitrogens with zero attached hydrogens (tertiary/aromatic N) is 3. The van der Waals surface area contributed by atoms with E-state index in [1.165, 1.54) is 6.39 Å². The second-order valence-corrected chi connectivity index (χ2v) is 8.00. The third-order valence-corrected chi connectivity index (χ3v) is 4.72. The maximum absolute atomic E-state index is 12.5. The molecule has 1 aliphatic rings. The second kappa shape index (κ2) is 7.42. The number of amides is 3. The topological polar surface area (TPSA) is 78.7 Å². The number of anilines is 1. The van der Waals surface area contributed by atoms with E-state index in [9.17, 15) is 9.59 Å². The van der Waals surface area contributed by atoms with E-state index >= 15 is 0 Å². The van der Waals surface area contributed by atoms with Crippen LogP contribution in [0.5, 0.6) is 0 Å². The fraction of sp³-hybridized carbons (Fsp3) is 0.450. The number of urea groups is 1. The smallest absolute Gasteiger partial charge is 0.321 e. The van der Waals surface area contributed by atoms with Crippen LogP contribution < -0.4 is 5.32 Å². The molecule has 0 unspecified atom stereocenters. The summed E-state index contributed by atoms with van der Waals surface area (Å²) in [6, 6.07) is 7.21. The molecule has 144 valence electrons. The number of carbonyl (C=O) groups is 2. The minimum Gasteiger partial charge on any atom is -0.444 e. The van der Waals surface area contributed by atoms with Crippen molar-refractivity contribution in [1.29, 1.82) is 0 Å². The molecule has 0 aliphatic carbocycles. The Labute approximate surface area is 159 Å². The molecule has 3 rings (SSSR count). The summed E-state index contributed by atoms with van der Waals surface area (Å²) in [5.41, 5.74) is 1.34. The Hall–Kier alpha value is -2.83. The van der Waals surface area contributed by atoms with Gasteiger partial charge in [-0.3, -0.25) is 4.79 Å². The van der Waals surface area contributed by atoms with Crippen LogP contribution in [0.4, 0.5) is 10.5 Å². The van der Waals surface area contributed by atoms with Crippen molar-refractivity contribution in [2.45, 2.75) is 32.7 Å². The molecule has 1 N–H and O–H groups in total. The van der Waals surface area contributed by atoms with Crippen molar-refractivity contribution in [3.63, 3.8) is 0 Å². The van der Waals surface area contributed by atoms with Gasteiger partial charge in [0.25, 0.3) is 0 Å². The molecule has 1 fully saturated rings. The maximum atomic E-state index is 12.5. The highest BCUT2D eigenvalue weighted by Gasteiger charge is 2.36. The van der Waals surface area contributed by atoms with E-state index < -0.39 is 0 Å². The first-order valence-electron chi connectivity index (χ1n) is 9.05. The van der Waals surface area contributed by atoms with Crippen LogP contribution in [0.1, 0.15) is 27.2 Å². The number of hydrogen-bond donors (Lipinski definition) is 1. The molecular formula is C20H26N4O3. The van der Waals surface area contributed by atoms with Gasteiger partial charge in [-0.05, 0) is 32.9 Å².